The fraction of sp³-hybridized carbons (Fsp3) is 0.462. The highest BCUT2D eigenvalue weighted by atomic mass is 79.9. The molecule has 0 saturated heterocycles. The summed E-state index contributed by atoms with van der Waals surface area (Å²) in [6.45, 7) is 4.95. The van der Waals surface area contributed by atoms with E-state index in [2.05, 4.69) is 29.8 Å². The van der Waals surface area contributed by atoms with Crippen LogP contribution in [0.4, 0.5) is 0 Å². The lowest BCUT2D eigenvalue weighted by atomic mass is 10.1. The molecule has 94 valence electrons. The van der Waals surface area contributed by atoms with Gasteiger partial charge in [-0.15, -0.1) is 0 Å². The van der Waals surface area contributed by atoms with E-state index in [9.17, 15) is 4.79 Å². The predicted molar refractivity (Wildman–Crippen MR) is 70.7 cm³/mol. The molecule has 1 unspecified atom stereocenters. The Balaban J connectivity index is 2.62. The fourth-order valence-corrected chi connectivity index (χ4v) is 2.10. The summed E-state index contributed by atoms with van der Waals surface area (Å²) in [5.41, 5.74) is 0.249. The van der Waals surface area contributed by atoms with Crippen LogP contribution in [0.3, 0.4) is 0 Å². The van der Waals surface area contributed by atoms with Gasteiger partial charge in [0, 0.05) is 4.47 Å². The molecule has 17 heavy (non-hydrogen) atoms. The van der Waals surface area contributed by atoms with Gasteiger partial charge in [0.2, 0.25) is 0 Å². The zero-order valence-corrected chi connectivity index (χ0v) is 11.7. The maximum absolute atomic E-state index is 10.8. The highest BCUT2D eigenvalue weighted by Gasteiger charge is 2.09. The third kappa shape index (κ3) is 4.38. The van der Waals surface area contributed by atoms with Crippen molar-refractivity contribution in [3.8, 4) is 5.75 Å². The van der Waals surface area contributed by atoms with Crippen molar-refractivity contribution in [3.05, 3.63) is 28.2 Å². The Morgan fingerprint density at radius 3 is 2.76 bits per heavy atom. The minimum Gasteiger partial charge on any atom is -0.493 e. The van der Waals surface area contributed by atoms with Gasteiger partial charge in [-0.05, 0) is 46.5 Å². The van der Waals surface area contributed by atoms with Gasteiger partial charge in [0.1, 0.15) is 5.75 Å². The van der Waals surface area contributed by atoms with E-state index >= 15 is 0 Å². The molecule has 4 heteroatoms. The highest BCUT2D eigenvalue weighted by Crippen LogP contribution is 2.23. The van der Waals surface area contributed by atoms with Crippen LogP contribution in [-0.4, -0.2) is 17.7 Å². The van der Waals surface area contributed by atoms with Gasteiger partial charge in [-0.2, -0.15) is 0 Å². The molecule has 0 aliphatic carbocycles. The fourth-order valence-electron chi connectivity index (χ4n) is 1.57. The zero-order chi connectivity index (χ0) is 12.8. The Morgan fingerprint density at radius 1 is 1.53 bits per heavy atom. The van der Waals surface area contributed by atoms with Gasteiger partial charge in [-0.25, -0.2) is 4.79 Å². The first-order valence-electron chi connectivity index (χ1n) is 5.70. The minimum absolute atomic E-state index is 0.249. The number of carboxylic acid groups (broad SMARTS) is 1. The third-order valence-electron chi connectivity index (χ3n) is 2.49. The molecule has 1 N–H and O–H groups in total. The summed E-state index contributed by atoms with van der Waals surface area (Å²) in [6.07, 6.45) is 2.28. The second-order valence-corrected chi connectivity index (χ2v) is 5.01. The van der Waals surface area contributed by atoms with Crippen molar-refractivity contribution in [2.24, 2.45) is 5.92 Å². The number of carboxylic acids is 1. The maximum Gasteiger partial charge on any atom is 0.336 e. The second-order valence-electron chi connectivity index (χ2n) is 4.15. The molecular formula is C13H17BrO3. The van der Waals surface area contributed by atoms with Crippen molar-refractivity contribution >= 4 is 21.9 Å². The van der Waals surface area contributed by atoms with Gasteiger partial charge >= 0.3 is 5.97 Å². The highest BCUT2D eigenvalue weighted by molar-refractivity contribution is 9.10. The molecule has 1 rings (SSSR count). The average Bonchev–Trinajstić information content (AvgIpc) is 2.26. The van der Waals surface area contributed by atoms with Crippen LogP contribution >= 0.6 is 15.9 Å². The first-order chi connectivity index (χ1) is 8.04. The number of benzene rings is 1. The molecule has 0 radical (unpaired) electrons. The van der Waals surface area contributed by atoms with Crippen molar-refractivity contribution in [3.63, 3.8) is 0 Å². The summed E-state index contributed by atoms with van der Waals surface area (Å²) in [5.74, 6) is 0.269. The Kier molecular flexibility index (Phi) is 5.48. The number of hydrogen-bond acceptors (Lipinski definition) is 2. The Hall–Kier alpha value is -1.03. The largest absolute Gasteiger partial charge is 0.493 e. The Labute approximate surface area is 110 Å². The van der Waals surface area contributed by atoms with Crippen LogP contribution < -0.4 is 4.74 Å². The molecule has 0 aliphatic rings. The lowest BCUT2D eigenvalue weighted by Crippen LogP contribution is -2.08. The number of carbonyl (C=O) groups is 1. The maximum atomic E-state index is 10.8. The van der Waals surface area contributed by atoms with Crippen molar-refractivity contribution in [2.45, 2.75) is 26.7 Å². The molecular weight excluding hydrogens is 284 g/mol. The summed E-state index contributed by atoms with van der Waals surface area (Å²) in [6, 6.07) is 4.93. The molecule has 1 aromatic rings. The minimum atomic E-state index is -0.942. The zero-order valence-electron chi connectivity index (χ0n) is 10.1. The van der Waals surface area contributed by atoms with Crippen molar-refractivity contribution < 1.29 is 14.6 Å². The van der Waals surface area contributed by atoms with Crippen molar-refractivity contribution in [2.75, 3.05) is 6.61 Å². The van der Waals surface area contributed by atoms with Gasteiger partial charge in [0.25, 0.3) is 0 Å². The third-order valence-corrected chi connectivity index (χ3v) is 3.14. The van der Waals surface area contributed by atoms with E-state index in [-0.39, 0.29) is 5.56 Å². The molecule has 0 spiro atoms. The molecule has 1 aromatic carbocycles. The first-order valence-corrected chi connectivity index (χ1v) is 6.49. The summed E-state index contributed by atoms with van der Waals surface area (Å²) in [7, 11) is 0. The Bertz CT molecular complexity index is 390. The number of aromatic carboxylic acids is 1. The molecule has 3 nitrogen and oxygen atoms in total. The predicted octanol–water partition coefficient (Wildman–Crippen LogP) is 3.96. The average molecular weight is 301 g/mol. The van der Waals surface area contributed by atoms with Crippen LogP contribution in [0.25, 0.3) is 0 Å². The normalized spacial score (nSPS) is 12.2. The van der Waals surface area contributed by atoms with Gasteiger partial charge < -0.3 is 9.84 Å². The topological polar surface area (TPSA) is 46.5 Å². The smallest absolute Gasteiger partial charge is 0.336 e. The van der Waals surface area contributed by atoms with E-state index in [0.29, 0.717) is 22.7 Å². The number of ether oxygens (including phenoxy) is 1. The van der Waals surface area contributed by atoms with E-state index in [1.807, 2.05) is 0 Å². The van der Waals surface area contributed by atoms with Crippen LogP contribution in [-0.2, 0) is 0 Å². The van der Waals surface area contributed by atoms with E-state index in [4.69, 9.17) is 9.84 Å². The van der Waals surface area contributed by atoms with E-state index in [1.54, 1.807) is 18.2 Å². The first kappa shape index (κ1) is 14.0. The SMILES string of the molecule is CCCC(C)COc1ccc(C(=O)O)c(Br)c1. The standard InChI is InChI=1S/C13H17BrO3/c1-3-4-9(2)8-17-10-5-6-11(13(15)16)12(14)7-10/h5-7,9H,3-4,8H2,1-2H3,(H,15,16). The molecule has 0 bridgehead atoms. The van der Waals surface area contributed by atoms with Gasteiger partial charge in [-0.1, -0.05) is 20.3 Å². The number of hydrogen-bond donors (Lipinski definition) is 1. The summed E-state index contributed by atoms with van der Waals surface area (Å²) < 4.78 is 6.16. The van der Waals surface area contributed by atoms with Crippen molar-refractivity contribution in [1.82, 2.24) is 0 Å². The monoisotopic (exact) mass is 300 g/mol. The lowest BCUT2D eigenvalue weighted by Gasteiger charge is -2.12. The molecule has 0 heterocycles. The second kappa shape index (κ2) is 6.64. The van der Waals surface area contributed by atoms with Crippen LogP contribution in [0.15, 0.2) is 22.7 Å². The van der Waals surface area contributed by atoms with Crippen LogP contribution in [0, 0.1) is 5.92 Å². The molecule has 0 aliphatic heterocycles. The van der Waals surface area contributed by atoms with Crippen LogP contribution in [0.2, 0.25) is 0 Å². The van der Waals surface area contributed by atoms with Crippen LogP contribution in [0.5, 0.6) is 5.75 Å². The van der Waals surface area contributed by atoms with Crippen molar-refractivity contribution in [1.29, 1.82) is 0 Å². The Morgan fingerprint density at radius 2 is 2.24 bits per heavy atom. The van der Waals surface area contributed by atoms with Gasteiger partial charge in [0.05, 0.1) is 12.2 Å². The van der Waals surface area contributed by atoms with E-state index < -0.39 is 5.97 Å². The quantitative estimate of drug-likeness (QED) is 0.865. The molecule has 0 aromatic heterocycles. The van der Waals surface area contributed by atoms with Crippen LogP contribution in [0.1, 0.15) is 37.0 Å². The lowest BCUT2D eigenvalue weighted by molar-refractivity contribution is 0.0696. The van der Waals surface area contributed by atoms with E-state index in [0.717, 1.165) is 12.8 Å². The number of rotatable bonds is 6. The molecule has 1 atom stereocenters. The number of halogens is 1. The molecule has 0 saturated carbocycles. The summed E-state index contributed by atoms with van der Waals surface area (Å²) in [5, 5.41) is 8.87. The molecule has 0 fully saturated rings. The van der Waals surface area contributed by atoms with Gasteiger partial charge in [-0.3, -0.25) is 0 Å². The summed E-state index contributed by atoms with van der Waals surface area (Å²) >= 11 is 3.22. The molecule has 0 amide bonds. The van der Waals surface area contributed by atoms with Gasteiger partial charge in [0.15, 0.2) is 0 Å². The summed E-state index contributed by atoms with van der Waals surface area (Å²) in [4.78, 5) is 10.8. The van der Waals surface area contributed by atoms with E-state index in [1.165, 1.54) is 0 Å².